The van der Waals surface area contributed by atoms with Crippen LogP contribution in [0.1, 0.15) is 28.8 Å². The number of ketones is 1. The second kappa shape index (κ2) is 6.10. The van der Waals surface area contributed by atoms with Crippen molar-refractivity contribution in [3.05, 3.63) is 65.5 Å². The van der Waals surface area contributed by atoms with Gasteiger partial charge >= 0.3 is 0 Å². The smallest absolute Gasteiger partial charge is 0.227 e. The van der Waals surface area contributed by atoms with Gasteiger partial charge in [0.05, 0.1) is 5.69 Å². The van der Waals surface area contributed by atoms with Crippen molar-refractivity contribution in [2.45, 2.75) is 19.3 Å². The molecule has 0 unspecified atom stereocenters. The lowest BCUT2D eigenvalue weighted by Crippen LogP contribution is -2.37. The molecular weight excluding hydrogens is 281 g/mol. The second-order valence-electron chi connectivity index (χ2n) is 5.37. The molecule has 2 aromatic rings. The van der Waals surface area contributed by atoms with Gasteiger partial charge in [-0.25, -0.2) is 4.39 Å². The summed E-state index contributed by atoms with van der Waals surface area (Å²) in [6, 6.07) is 13.5. The molecule has 1 heterocycles. The van der Waals surface area contributed by atoms with Crippen molar-refractivity contribution in [2.75, 3.05) is 11.4 Å². The van der Waals surface area contributed by atoms with Gasteiger partial charge in [-0.05, 0) is 36.2 Å². The highest BCUT2D eigenvalue weighted by Crippen LogP contribution is 2.27. The van der Waals surface area contributed by atoms with E-state index < -0.39 is 0 Å². The van der Waals surface area contributed by atoms with Crippen LogP contribution in [0.5, 0.6) is 0 Å². The Kier molecular flexibility index (Phi) is 4.00. The van der Waals surface area contributed by atoms with Crippen molar-refractivity contribution in [3.63, 3.8) is 0 Å². The molecule has 3 nitrogen and oxygen atoms in total. The van der Waals surface area contributed by atoms with E-state index in [0.717, 1.165) is 5.56 Å². The van der Waals surface area contributed by atoms with Crippen LogP contribution in [0.25, 0.3) is 0 Å². The number of halogens is 1. The number of rotatable bonds is 3. The fraction of sp³-hybridized carbons (Fsp3) is 0.222. The first-order valence-electron chi connectivity index (χ1n) is 7.32. The minimum atomic E-state index is -0.293. The first-order valence-corrected chi connectivity index (χ1v) is 7.32. The summed E-state index contributed by atoms with van der Waals surface area (Å²) >= 11 is 0. The van der Waals surface area contributed by atoms with Crippen molar-refractivity contribution in [1.82, 2.24) is 0 Å². The standard InChI is InChI=1S/C18H16FNO2/c19-14-5-3-4-13(12-14)8-9-18(22)20-11-10-17(21)15-6-1-2-7-16(15)20/h1-7,12H,8-11H2. The third kappa shape index (κ3) is 2.91. The van der Waals surface area contributed by atoms with Gasteiger partial charge in [0.1, 0.15) is 5.82 Å². The third-order valence-electron chi connectivity index (χ3n) is 3.88. The van der Waals surface area contributed by atoms with Gasteiger partial charge in [-0.3, -0.25) is 9.59 Å². The van der Waals surface area contributed by atoms with Crippen molar-refractivity contribution >= 4 is 17.4 Å². The number of amides is 1. The van der Waals surface area contributed by atoms with Crippen molar-refractivity contribution < 1.29 is 14.0 Å². The van der Waals surface area contributed by atoms with Gasteiger partial charge in [0, 0.05) is 24.9 Å². The van der Waals surface area contributed by atoms with Gasteiger partial charge in [-0.15, -0.1) is 0 Å². The van der Waals surface area contributed by atoms with E-state index in [4.69, 9.17) is 0 Å². The molecule has 0 bridgehead atoms. The summed E-state index contributed by atoms with van der Waals surface area (Å²) in [5.74, 6) is -0.257. The second-order valence-corrected chi connectivity index (χ2v) is 5.37. The van der Waals surface area contributed by atoms with E-state index >= 15 is 0 Å². The Morgan fingerprint density at radius 2 is 1.95 bits per heavy atom. The van der Waals surface area contributed by atoms with E-state index in [1.54, 1.807) is 29.2 Å². The molecule has 0 aliphatic carbocycles. The predicted molar refractivity (Wildman–Crippen MR) is 82.5 cm³/mol. The van der Waals surface area contributed by atoms with Gasteiger partial charge in [0.15, 0.2) is 5.78 Å². The first-order chi connectivity index (χ1) is 10.6. The van der Waals surface area contributed by atoms with Gasteiger partial charge in [0.2, 0.25) is 5.91 Å². The van der Waals surface area contributed by atoms with Gasteiger partial charge in [-0.2, -0.15) is 0 Å². The maximum Gasteiger partial charge on any atom is 0.227 e. The number of aryl methyl sites for hydroxylation is 1. The van der Waals surface area contributed by atoms with E-state index in [0.29, 0.717) is 37.1 Å². The zero-order valence-corrected chi connectivity index (χ0v) is 12.1. The van der Waals surface area contributed by atoms with Crippen LogP contribution in [0, 0.1) is 5.82 Å². The summed E-state index contributed by atoms with van der Waals surface area (Å²) in [4.78, 5) is 26.0. The number of anilines is 1. The Bertz CT molecular complexity index is 727. The number of benzene rings is 2. The number of hydrogen-bond donors (Lipinski definition) is 0. The quantitative estimate of drug-likeness (QED) is 0.871. The van der Waals surface area contributed by atoms with Gasteiger partial charge in [-0.1, -0.05) is 24.3 Å². The Morgan fingerprint density at radius 1 is 1.14 bits per heavy atom. The molecule has 0 saturated carbocycles. The zero-order valence-electron chi connectivity index (χ0n) is 12.1. The highest BCUT2D eigenvalue weighted by Gasteiger charge is 2.26. The number of carbonyl (C=O) groups excluding carboxylic acids is 2. The molecule has 1 aliphatic heterocycles. The predicted octanol–water partition coefficient (Wildman–Crippen LogP) is 3.38. The van der Waals surface area contributed by atoms with Crippen LogP contribution in [-0.4, -0.2) is 18.2 Å². The topological polar surface area (TPSA) is 37.4 Å². The zero-order chi connectivity index (χ0) is 15.5. The average Bonchev–Trinajstić information content (AvgIpc) is 2.53. The van der Waals surface area contributed by atoms with E-state index in [9.17, 15) is 14.0 Å². The van der Waals surface area contributed by atoms with Crippen LogP contribution >= 0.6 is 0 Å². The van der Waals surface area contributed by atoms with Crippen LogP contribution in [0.3, 0.4) is 0 Å². The molecule has 0 radical (unpaired) electrons. The molecule has 22 heavy (non-hydrogen) atoms. The first kappa shape index (κ1) is 14.4. The van der Waals surface area contributed by atoms with Crippen LogP contribution in [-0.2, 0) is 11.2 Å². The summed E-state index contributed by atoms with van der Waals surface area (Å²) in [6.45, 7) is 0.415. The summed E-state index contributed by atoms with van der Waals surface area (Å²) < 4.78 is 13.2. The molecule has 0 spiro atoms. The largest absolute Gasteiger partial charge is 0.311 e. The van der Waals surface area contributed by atoms with Crippen LogP contribution in [0.4, 0.5) is 10.1 Å². The Labute approximate surface area is 128 Å². The summed E-state index contributed by atoms with van der Waals surface area (Å²) in [5, 5.41) is 0. The summed E-state index contributed by atoms with van der Waals surface area (Å²) in [5.41, 5.74) is 2.09. The minimum Gasteiger partial charge on any atom is -0.311 e. The molecule has 0 N–H and O–H groups in total. The average molecular weight is 297 g/mol. The third-order valence-corrected chi connectivity index (χ3v) is 3.88. The van der Waals surface area contributed by atoms with Crippen molar-refractivity contribution in [3.8, 4) is 0 Å². The maximum absolute atomic E-state index is 13.2. The van der Waals surface area contributed by atoms with Crippen LogP contribution in [0.15, 0.2) is 48.5 Å². The molecule has 0 fully saturated rings. The highest BCUT2D eigenvalue weighted by molar-refractivity contribution is 6.08. The van der Waals surface area contributed by atoms with Gasteiger partial charge < -0.3 is 4.90 Å². The minimum absolute atomic E-state index is 0.0378. The SMILES string of the molecule is O=C1CCN(C(=O)CCc2cccc(F)c2)c2ccccc21. The number of para-hydroxylation sites is 1. The molecule has 1 aliphatic rings. The molecular formula is C18H16FNO2. The number of hydrogen-bond acceptors (Lipinski definition) is 2. The lowest BCUT2D eigenvalue weighted by atomic mass is 9.99. The maximum atomic E-state index is 13.2. The van der Waals surface area contributed by atoms with Crippen LogP contribution < -0.4 is 4.90 Å². The van der Waals surface area contributed by atoms with E-state index in [1.807, 2.05) is 12.1 Å². The van der Waals surface area contributed by atoms with E-state index in [1.165, 1.54) is 12.1 Å². The van der Waals surface area contributed by atoms with Crippen LogP contribution in [0.2, 0.25) is 0 Å². The number of nitrogens with zero attached hydrogens (tertiary/aromatic N) is 1. The fourth-order valence-corrected chi connectivity index (χ4v) is 2.75. The molecule has 2 aromatic carbocycles. The Hall–Kier alpha value is -2.49. The Balaban J connectivity index is 1.73. The summed E-state index contributed by atoms with van der Waals surface area (Å²) in [7, 11) is 0. The summed E-state index contributed by atoms with van der Waals surface area (Å²) in [6.07, 6.45) is 1.14. The van der Waals surface area contributed by atoms with E-state index in [-0.39, 0.29) is 17.5 Å². The number of fused-ring (bicyclic) bond motifs is 1. The monoisotopic (exact) mass is 297 g/mol. The molecule has 112 valence electrons. The molecule has 0 atom stereocenters. The molecule has 1 amide bonds. The number of Topliss-reactive ketones (excluding diaryl/α,β-unsaturated/α-hetero) is 1. The van der Waals surface area contributed by atoms with Crippen molar-refractivity contribution in [2.24, 2.45) is 0 Å². The number of carbonyl (C=O) groups is 2. The van der Waals surface area contributed by atoms with Crippen molar-refractivity contribution in [1.29, 1.82) is 0 Å². The lowest BCUT2D eigenvalue weighted by molar-refractivity contribution is -0.118. The molecule has 4 heteroatoms. The Morgan fingerprint density at radius 3 is 2.77 bits per heavy atom. The molecule has 0 aromatic heterocycles. The lowest BCUT2D eigenvalue weighted by Gasteiger charge is -2.28. The normalized spacial score (nSPS) is 13.9. The molecule has 3 rings (SSSR count). The van der Waals surface area contributed by atoms with Gasteiger partial charge in [0.25, 0.3) is 0 Å². The fourth-order valence-electron chi connectivity index (χ4n) is 2.75. The molecule has 0 saturated heterocycles. The van der Waals surface area contributed by atoms with E-state index in [2.05, 4.69) is 0 Å². The highest BCUT2D eigenvalue weighted by atomic mass is 19.1.